The van der Waals surface area contributed by atoms with E-state index in [0.717, 1.165) is 12.1 Å². The maximum Gasteiger partial charge on any atom is 0.0751 e. The van der Waals surface area contributed by atoms with Crippen molar-refractivity contribution in [2.45, 2.75) is 45.6 Å². The van der Waals surface area contributed by atoms with Gasteiger partial charge in [0.1, 0.15) is 0 Å². The Morgan fingerprint density at radius 3 is 2.29 bits per heavy atom. The van der Waals surface area contributed by atoms with E-state index in [-0.39, 0.29) is 11.5 Å². The molecular weight excluding hydrogens is 256 g/mol. The number of pyridine rings is 1. The largest absolute Gasteiger partial charge is 0.308 e. The molecule has 0 spiro atoms. The Morgan fingerprint density at radius 2 is 1.76 bits per heavy atom. The lowest BCUT2D eigenvalue weighted by Crippen LogP contribution is -2.21. The molecule has 0 radical (unpaired) electrons. The number of aromatic nitrogens is 1. The third kappa shape index (κ3) is 3.51. The molecule has 0 fully saturated rings. The molecule has 1 unspecified atom stereocenters. The van der Waals surface area contributed by atoms with Gasteiger partial charge < -0.3 is 5.32 Å². The minimum absolute atomic E-state index is 0.148. The van der Waals surface area contributed by atoms with Crippen molar-refractivity contribution in [2.75, 3.05) is 7.05 Å². The second kappa shape index (κ2) is 6.40. The molecule has 0 saturated carbocycles. The van der Waals surface area contributed by atoms with Crippen LogP contribution in [-0.2, 0) is 11.8 Å². The predicted octanol–water partition coefficient (Wildman–Crippen LogP) is 4.25. The third-order valence-corrected chi connectivity index (χ3v) is 3.98. The lowest BCUT2D eigenvalue weighted by molar-refractivity contribution is 0.588. The zero-order valence-corrected chi connectivity index (χ0v) is 13.8. The molecule has 0 saturated heterocycles. The number of benzene rings is 1. The second-order valence-corrected chi connectivity index (χ2v) is 6.50. The third-order valence-electron chi connectivity index (χ3n) is 3.98. The first-order valence-corrected chi connectivity index (χ1v) is 7.69. The van der Waals surface area contributed by atoms with Crippen molar-refractivity contribution in [2.24, 2.45) is 0 Å². The molecule has 0 aliphatic rings. The van der Waals surface area contributed by atoms with E-state index in [9.17, 15) is 0 Å². The van der Waals surface area contributed by atoms with Gasteiger partial charge >= 0.3 is 0 Å². The minimum atomic E-state index is 0.148. The van der Waals surface area contributed by atoms with Crippen LogP contribution in [0.15, 0.2) is 42.6 Å². The molecule has 1 aromatic carbocycles. The van der Waals surface area contributed by atoms with Crippen LogP contribution < -0.4 is 5.32 Å². The summed E-state index contributed by atoms with van der Waals surface area (Å²) < 4.78 is 0. The monoisotopic (exact) mass is 282 g/mol. The Balaban J connectivity index is 2.38. The molecule has 21 heavy (non-hydrogen) atoms. The molecule has 1 N–H and O–H groups in total. The fourth-order valence-corrected chi connectivity index (χ4v) is 2.65. The van der Waals surface area contributed by atoms with Crippen LogP contribution >= 0.6 is 0 Å². The van der Waals surface area contributed by atoms with Crippen molar-refractivity contribution in [3.63, 3.8) is 0 Å². The summed E-state index contributed by atoms with van der Waals surface area (Å²) in [5, 5.41) is 3.41. The molecule has 1 atom stereocenters. The number of nitrogens with one attached hydrogen (secondary N) is 1. The molecular formula is C19H26N2. The number of nitrogens with zero attached hydrogens (tertiary/aromatic N) is 1. The van der Waals surface area contributed by atoms with E-state index < -0.39 is 0 Å². The zero-order valence-electron chi connectivity index (χ0n) is 13.8. The second-order valence-electron chi connectivity index (χ2n) is 6.50. The van der Waals surface area contributed by atoms with Crippen LogP contribution in [0.3, 0.4) is 0 Å². The number of aryl methyl sites for hydroxylation is 1. The molecule has 0 bridgehead atoms. The van der Waals surface area contributed by atoms with Gasteiger partial charge in [0, 0.05) is 6.20 Å². The highest BCUT2D eigenvalue weighted by atomic mass is 14.9. The van der Waals surface area contributed by atoms with Gasteiger partial charge in [-0.2, -0.15) is 0 Å². The molecule has 2 heteroatoms. The van der Waals surface area contributed by atoms with Gasteiger partial charge in [-0.15, -0.1) is 0 Å². The topological polar surface area (TPSA) is 24.9 Å². The first-order chi connectivity index (χ1) is 9.97. The average Bonchev–Trinajstić information content (AvgIpc) is 2.48. The highest BCUT2D eigenvalue weighted by Gasteiger charge is 2.18. The molecule has 2 aromatic rings. The van der Waals surface area contributed by atoms with Gasteiger partial charge in [0.2, 0.25) is 0 Å². The highest BCUT2D eigenvalue weighted by molar-refractivity contribution is 5.35. The summed E-state index contributed by atoms with van der Waals surface area (Å²) in [6.07, 6.45) is 2.88. The molecule has 1 heterocycles. The Morgan fingerprint density at radius 1 is 1.10 bits per heavy atom. The smallest absolute Gasteiger partial charge is 0.0751 e. The van der Waals surface area contributed by atoms with Gasteiger partial charge in [-0.05, 0) is 41.6 Å². The maximum absolute atomic E-state index is 4.61. The standard InChI is InChI=1S/C19H26N2/c1-6-14-8-7-13-21-18(14)17(20-5)15-9-11-16(12-10-15)19(2,3)4/h7-13,17,20H,6H2,1-5H3. The van der Waals surface area contributed by atoms with E-state index in [1.807, 2.05) is 19.3 Å². The van der Waals surface area contributed by atoms with Crippen LogP contribution in [-0.4, -0.2) is 12.0 Å². The first kappa shape index (κ1) is 15.7. The SMILES string of the molecule is CCc1cccnc1C(NC)c1ccc(C(C)(C)C)cc1. The summed E-state index contributed by atoms with van der Waals surface area (Å²) >= 11 is 0. The van der Waals surface area contributed by atoms with Crippen molar-refractivity contribution in [1.82, 2.24) is 10.3 Å². The highest BCUT2D eigenvalue weighted by Crippen LogP contribution is 2.27. The minimum Gasteiger partial charge on any atom is -0.308 e. The number of hydrogen-bond acceptors (Lipinski definition) is 2. The molecule has 0 aliphatic carbocycles. The maximum atomic E-state index is 4.61. The van der Waals surface area contributed by atoms with Gasteiger partial charge in [-0.1, -0.05) is 58.0 Å². The van der Waals surface area contributed by atoms with Crippen LogP contribution in [0.5, 0.6) is 0 Å². The van der Waals surface area contributed by atoms with Crippen LogP contribution in [0.1, 0.15) is 56.1 Å². The van der Waals surface area contributed by atoms with Gasteiger partial charge in [0.25, 0.3) is 0 Å². The van der Waals surface area contributed by atoms with E-state index >= 15 is 0 Å². The van der Waals surface area contributed by atoms with E-state index in [2.05, 4.69) is 68.3 Å². The lowest BCUT2D eigenvalue weighted by Gasteiger charge is -2.22. The van der Waals surface area contributed by atoms with E-state index in [1.165, 1.54) is 16.7 Å². The Labute approximate surface area is 128 Å². The van der Waals surface area contributed by atoms with Crippen LogP contribution in [0.25, 0.3) is 0 Å². The van der Waals surface area contributed by atoms with Crippen molar-refractivity contribution in [3.8, 4) is 0 Å². The van der Waals surface area contributed by atoms with E-state index in [4.69, 9.17) is 0 Å². The fraction of sp³-hybridized carbons (Fsp3) is 0.421. The van der Waals surface area contributed by atoms with Crippen molar-refractivity contribution in [3.05, 3.63) is 65.0 Å². The Kier molecular flexibility index (Phi) is 4.79. The van der Waals surface area contributed by atoms with Crippen LogP contribution in [0.2, 0.25) is 0 Å². The quantitative estimate of drug-likeness (QED) is 0.906. The van der Waals surface area contributed by atoms with E-state index in [1.54, 1.807) is 0 Å². The lowest BCUT2D eigenvalue weighted by atomic mass is 9.86. The molecule has 2 rings (SSSR count). The summed E-state index contributed by atoms with van der Waals surface area (Å²) in [6.45, 7) is 8.90. The summed E-state index contributed by atoms with van der Waals surface area (Å²) in [5.74, 6) is 0. The Hall–Kier alpha value is -1.67. The van der Waals surface area contributed by atoms with Gasteiger partial charge in [-0.25, -0.2) is 0 Å². The Bertz CT molecular complexity index is 579. The molecule has 112 valence electrons. The van der Waals surface area contributed by atoms with Crippen LogP contribution in [0.4, 0.5) is 0 Å². The molecule has 0 amide bonds. The van der Waals surface area contributed by atoms with Gasteiger partial charge in [0.15, 0.2) is 0 Å². The number of hydrogen-bond donors (Lipinski definition) is 1. The predicted molar refractivity (Wildman–Crippen MR) is 89.7 cm³/mol. The zero-order chi connectivity index (χ0) is 15.5. The van der Waals surface area contributed by atoms with Gasteiger partial charge in [-0.3, -0.25) is 4.98 Å². The summed E-state index contributed by atoms with van der Waals surface area (Å²) in [4.78, 5) is 4.61. The molecule has 0 aliphatic heterocycles. The van der Waals surface area contributed by atoms with Crippen molar-refractivity contribution >= 4 is 0 Å². The van der Waals surface area contributed by atoms with Crippen LogP contribution in [0, 0.1) is 0 Å². The van der Waals surface area contributed by atoms with Gasteiger partial charge in [0.05, 0.1) is 11.7 Å². The average molecular weight is 282 g/mol. The van der Waals surface area contributed by atoms with E-state index in [0.29, 0.717) is 0 Å². The fourth-order valence-electron chi connectivity index (χ4n) is 2.65. The molecule has 2 nitrogen and oxygen atoms in total. The summed E-state index contributed by atoms with van der Waals surface area (Å²) in [5.41, 5.74) is 5.24. The summed E-state index contributed by atoms with van der Waals surface area (Å²) in [6, 6.07) is 13.2. The number of rotatable bonds is 4. The normalized spacial score (nSPS) is 13.2. The first-order valence-electron chi connectivity index (χ1n) is 7.69. The van der Waals surface area contributed by atoms with Crippen molar-refractivity contribution < 1.29 is 0 Å². The van der Waals surface area contributed by atoms with Crippen molar-refractivity contribution in [1.29, 1.82) is 0 Å². The molecule has 1 aromatic heterocycles. The summed E-state index contributed by atoms with van der Waals surface area (Å²) in [7, 11) is 2.00.